The number of aliphatic carboxylic acids is 1. The lowest BCUT2D eigenvalue weighted by atomic mass is 10.2. The fourth-order valence-corrected chi connectivity index (χ4v) is 1.57. The molecule has 0 spiro atoms. The molecule has 0 aliphatic heterocycles. The van der Waals surface area contributed by atoms with Crippen molar-refractivity contribution in [3.63, 3.8) is 0 Å². The van der Waals surface area contributed by atoms with Crippen LogP contribution in [0.1, 0.15) is 5.69 Å². The molecule has 0 fully saturated rings. The third-order valence-electron chi connectivity index (χ3n) is 2.62. The summed E-state index contributed by atoms with van der Waals surface area (Å²) < 4.78 is 6.62. The lowest BCUT2D eigenvalue weighted by molar-refractivity contribution is -0.138. The van der Waals surface area contributed by atoms with Crippen LogP contribution in [0, 0.1) is 0 Å². The van der Waals surface area contributed by atoms with Crippen LogP contribution >= 0.6 is 0 Å². The van der Waals surface area contributed by atoms with Gasteiger partial charge in [0.2, 0.25) is 0 Å². The van der Waals surface area contributed by atoms with Crippen LogP contribution in [0.2, 0.25) is 0 Å². The first-order valence-electron chi connectivity index (χ1n) is 5.64. The Labute approximate surface area is 109 Å². The van der Waals surface area contributed by atoms with E-state index in [-0.39, 0.29) is 6.42 Å². The Balaban J connectivity index is 2.13. The van der Waals surface area contributed by atoms with E-state index in [4.69, 9.17) is 15.6 Å². The quantitative estimate of drug-likeness (QED) is 0.799. The highest BCUT2D eigenvalue weighted by molar-refractivity contribution is 5.73. The smallest absolute Gasteiger partial charge is 0.320 e. The minimum Gasteiger partial charge on any atom is -0.497 e. The van der Waals surface area contributed by atoms with Gasteiger partial charge >= 0.3 is 5.97 Å². The summed E-state index contributed by atoms with van der Waals surface area (Å²) in [6, 6.07) is 6.29. The molecule has 7 heteroatoms. The van der Waals surface area contributed by atoms with Crippen molar-refractivity contribution >= 4 is 5.97 Å². The van der Waals surface area contributed by atoms with E-state index >= 15 is 0 Å². The first-order chi connectivity index (χ1) is 9.10. The molecule has 0 saturated carbocycles. The van der Waals surface area contributed by atoms with Gasteiger partial charge in [-0.3, -0.25) is 4.79 Å². The molecule has 0 radical (unpaired) electrons. The zero-order valence-corrected chi connectivity index (χ0v) is 10.4. The third kappa shape index (κ3) is 3.08. The highest BCUT2D eigenvalue weighted by Crippen LogP contribution is 2.14. The van der Waals surface area contributed by atoms with E-state index < -0.39 is 12.0 Å². The molecule has 7 nitrogen and oxygen atoms in total. The molecule has 0 amide bonds. The lowest BCUT2D eigenvalue weighted by Gasteiger charge is -2.03. The van der Waals surface area contributed by atoms with Crippen molar-refractivity contribution in [2.45, 2.75) is 12.5 Å². The molecule has 100 valence electrons. The summed E-state index contributed by atoms with van der Waals surface area (Å²) in [5, 5.41) is 16.6. The van der Waals surface area contributed by atoms with Gasteiger partial charge in [0, 0.05) is 6.42 Å². The molecular weight excluding hydrogens is 248 g/mol. The minimum absolute atomic E-state index is 0.144. The van der Waals surface area contributed by atoms with Crippen LogP contribution in [-0.4, -0.2) is 39.2 Å². The molecule has 1 aromatic carbocycles. The molecular formula is C12H14N4O3. The van der Waals surface area contributed by atoms with Crippen LogP contribution in [0.4, 0.5) is 0 Å². The van der Waals surface area contributed by atoms with Crippen molar-refractivity contribution < 1.29 is 14.6 Å². The topological polar surface area (TPSA) is 103 Å². The zero-order valence-electron chi connectivity index (χ0n) is 10.4. The van der Waals surface area contributed by atoms with Crippen molar-refractivity contribution in [3.05, 3.63) is 36.2 Å². The number of methoxy groups -OCH3 is 1. The van der Waals surface area contributed by atoms with Gasteiger partial charge in [0.25, 0.3) is 0 Å². The van der Waals surface area contributed by atoms with Crippen LogP contribution in [0.25, 0.3) is 5.69 Å². The fraction of sp³-hybridized carbons (Fsp3) is 0.250. The van der Waals surface area contributed by atoms with E-state index in [0.717, 1.165) is 11.4 Å². The van der Waals surface area contributed by atoms with Gasteiger partial charge in [0.05, 0.1) is 24.7 Å². The first kappa shape index (κ1) is 13.0. The van der Waals surface area contributed by atoms with Crippen LogP contribution in [0.3, 0.4) is 0 Å². The Hall–Kier alpha value is -2.41. The van der Waals surface area contributed by atoms with Crippen molar-refractivity contribution in [2.75, 3.05) is 7.11 Å². The number of hydrogen-bond donors (Lipinski definition) is 2. The molecule has 2 aromatic rings. The molecule has 0 aliphatic carbocycles. The normalized spacial score (nSPS) is 12.1. The Morgan fingerprint density at radius 2 is 2.16 bits per heavy atom. The van der Waals surface area contributed by atoms with Gasteiger partial charge in [-0.1, -0.05) is 5.21 Å². The second-order valence-electron chi connectivity index (χ2n) is 4.00. The molecule has 2 rings (SSSR count). The standard InChI is InChI=1S/C12H14N4O3/c1-19-10-4-2-9(3-5-10)16-7-8(14-15-16)6-11(13)12(17)18/h2-5,7,11H,6,13H2,1H3,(H,17,18)/t11-/m0/s1. The van der Waals surface area contributed by atoms with Crippen molar-refractivity contribution in [1.29, 1.82) is 0 Å². The van der Waals surface area contributed by atoms with Crippen molar-refractivity contribution in [2.24, 2.45) is 5.73 Å². The minimum atomic E-state index is -1.06. The second-order valence-corrected chi connectivity index (χ2v) is 4.00. The molecule has 0 saturated heterocycles. The number of carboxylic acid groups (broad SMARTS) is 1. The number of carbonyl (C=O) groups is 1. The van der Waals surface area contributed by atoms with Crippen LogP contribution in [0.5, 0.6) is 5.75 Å². The summed E-state index contributed by atoms with van der Waals surface area (Å²) >= 11 is 0. The number of aromatic nitrogens is 3. The first-order valence-corrected chi connectivity index (χ1v) is 5.64. The number of nitrogens with two attached hydrogens (primary N) is 1. The fourth-order valence-electron chi connectivity index (χ4n) is 1.57. The lowest BCUT2D eigenvalue weighted by Crippen LogP contribution is -2.32. The second kappa shape index (κ2) is 5.49. The largest absolute Gasteiger partial charge is 0.497 e. The van der Waals surface area contributed by atoms with Gasteiger partial charge in [0.1, 0.15) is 11.8 Å². The van der Waals surface area contributed by atoms with Gasteiger partial charge in [-0.15, -0.1) is 5.10 Å². The van der Waals surface area contributed by atoms with Gasteiger partial charge < -0.3 is 15.6 Å². The summed E-state index contributed by atoms with van der Waals surface area (Å²) in [6.45, 7) is 0. The highest BCUT2D eigenvalue weighted by Gasteiger charge is 2.14. The molecule has 0 unspecified atom stereocenters. The zero-order chi connectivity index (χ0) is 13.8. The van der Waals surface area contributed by atoms with E-state index in [9.17, 15) is 4.79 Å². The molecule has 0 aliphatic rings. The van der Waals surface area contributed by atoms with E-state index in [1.807, 2.05) is 12.1 Å². The van der Waals surface area contributed by atoms with E-state index in [1.54, 1.807) is 30.1 Å². The Kier molecular flexibility index (Phi) is 3.76. The van der Waals surface area contributed by atoms with E-state index in [1.165, 1.54) is 0 Å². The third-order valence-corrected chi connectivity index (χ3v) is 2.62. The average molecular weight is 262 g/mol. The Morgan fingerprint density at radius 3 is 2.74 bits per heavy atom. The van der Waals surface area contributed by atoms with E-state index in [0.29, 0.717) is 5.69 Å². The van der Waals surface area contributed by atoms with Gasteiger partial charge in [-0.2, -0.15) is 0 Å². The number of hydrogen-bond acceptors (Lipinski definition) is 5. The molecule has 0 bridgehead atoms. The maximum atomic E-state index is 10.7. The summed E-state index contributed by atoms with van der Waals surface area (Å²) in [4.78, 5) is 10.7. The summed E-state index contributed by atoms with van der Waals surface area (Å²) in [6.07, 6.45) is 1.80. The predicted molar refractivity (Wildman–Crippen MR) is 67.2 cm³/mol. The monoisotopic (exact) mass is 262 g/mol. The summed E-state index contributed by atoms with van der Waals surface area (Å²) in [5.41, 5.74) is 6.78. The highest BCUT2D eigenvalue weighted by atomic mass is 16.5. The summed E-state index contributed by atoms with van der Waals surface area (Å²) in [7, 11) is 1.59. The maximum Gasteiger partial charge on any atom is 0.320 e. The number of rotatable bonds is 5. The molecule has 1 atom stereocenters. The van der Waals surface area contributed by atoms with Crippen molar-refractivity contribution in [3.8, 4) is 11.4 Å². The molecule has 1 aromatic heterocycles. The van der Waals surface area contributed by atoms with Gasteiger partial charge in [-0.25, -0.2) is 4.68 Å². The Bertz CT molecular complexity index is 565. The average Bonchev–Trinajstić information content (AvgIpc) is 2.87. The number of carboxylic acids is 1. The molecule has 19 heavy (non-hydrogen) atoms. The molecule has 3 N–H and O–H groups in total. The van der Waals surface area contributed by atoms with Gasteiger partial charge in [0.15, 0.2) is 0 Å². The SMILES string of the molecule is COc1ccc(-n2cc(C[C@H](N)C(=O)O)nn2)cc1. The van der Waals surface area contributed by atoms with Crippen LogP contribution in [-0.2, 0) is 11.2 Å². The summed E-state index contributed by atoms with van der Waals surface area (Å²) in [5.74, 6) is -0.309. The van der Waals surface area contributed by atoms with E-state index in [2.05, 4.69) is 10.3 Å². The van der Waals surface area contributed by atoms with Crippen molar-refractivity contribution in [1.82, 2.24) is 15.0 Å². The Morgan fingerprint density at radius 1 is 1.47 bits per heavy atom. The predicted octanol–water partition coefficient (Wildman–Crippen LogP) is 0.230. The number of benzene rings is 1. The number of ether oxygens (including phenoxy) is 1. The maximum absolute atomic E-state index is 10.7. The molecule has 1 heterocycles. The van der Waals surface area contributed by atoms with Gasteiger partial charge in [-0.05, 0) is 24.3 Å². The number of nitrogens with zero attached hydrogens (tertiary/aromatic N) is 3. The van der Waals surface area contributed by atoms with Crippen LogP contribution in [0.15, 0.2) is 30.5 Å². The van der Waals surface area contributed by atoms with Crippen LogP contribution < -0.4 is 10.5 Å².